The van der Waals surface area contributed by atoms with Crippen LogP contribution >= 0.6 is 11.3 Å². The Bertz CT molecular complexity index is 1320. The van der Waals surface area contributed by atoms with E-state index in [1.807, 2.05) is 60.1 Å². The normalized spacial score (nSPS) is 11.1. The molecule has 0 atom stereocenters. The topological polar surface area (TPSA) is 77.6 Å². The molecule has 154 valence electrons. The Morgan fingerprint density at radius 3 is 2.61 bits per heavy atom. The summed E-state index contributed by atoms with van der Waals surface area (Å²) >= 11 is 1.48. The van der Waals surface area contributed by atoms with E-state index in [4.69, 9.17) is 0 Å². The number of thiophene rings is 1. The molecule has 0 spiro atoms. The number of hydrogen-bond donors (Lipinski definition) is 1. The van der Waals surface area contributed by atoms with Gasteiger partial charge < -0.3 is 5.32 Å². The Labute approximate surface area is 183 Å². The first-order chi connectivity index (χ1) is 15.2. The minimum atomic E-state index is -0.0767. The number of hydrogen-bond acceptors (Lipinski definition) is 5. The summed E-state index contributed by atoms with van der Waals surface area (Å²) in [7, 11) is 0. The molecule has 1 amide bonds. The molecular formula is C23H20N6OS. The van der Waals surface area contributed by atoms with Gasteiger partial charge in [0.1, 0.15) is 17.5 Å². The van der Waals surface area contributed by atoms with E-state index in [0.29, 0.717) is 18.0 Å². The van der Waals surface area contributed by atoms with Crippen molar-refractivity contribution in [1.29, 1.82) is 0 Å². The second-order valence-corrected chi connectivity index (χ2v) is 8.28. The zero-order valence-corrected chi connectivity index (χ0v) is 17.7. The van der Waals surface area contributed by atoms with Gasteiger partial charge in [-0.05, 0) is 36.2 Å². The fourth-order valence-electron chi connectivity index (χ4n) is 3.47. The Hall–Kier alpha value is -3.78. The summed E-state index contributed by atoms with van der Waals surface area (Å²) in [6, 6.07) is 20.0. The first kappa shape index (κ1) is 19.2. The van der Waals surface area contributed by atoms with Gasteiger partial charge in [0.2, 0.25) is 0 Å². The van der Waals surface area contributed by atoms with E-state index in [-0.39, 0.29) is 5.91 Å². The number of carbonyl (C=O) groups excluding carboxylic acids is 1. The van der Waals surface area contributed by atoms with Crippen LogP contribution in [0, 0.1) is 6.92 Å². The number of nitrogens with zero attached hydrogens (tertiary/aromatic N) is 5. The average molecular weight is 429 g/mol. The Balaban J connectivity index is 1.29. The molecule has 0 unspecified atom stereocenters. The smallest absolute Gasteiger partial charge is 0.261 e. The summed E-state index contributed by atoms with van der Waals surface area (Å²) in [6.07, 6.45) is 3.15. The molecule has 0 saturated carbocycles. The maximum atomic E-state index is 12.8. The van der Waals surface area contributed by atoms with Gasteiger partial charge in [-0.25, -0.2) is 9.67 Å². The van der Waals surface area contributed by atoms with Gasteiger partial charge in [-0.1, -0.05) is 42.5 Å². The number of fused-ring (bicyclic) bond motifs is 1. The lowest BCUT2D eigenvalue weighted by molar-refractivity contribution is 0.0955. The fourth-order valence-corrected chi connectivity index (χ4v) is 4.54. The van der Waals surface area contributed by atoms with Crippen LogP contribution in [0.15, 0.2) is 73.3 Å². The highest BCUT2D eigenvalue weighted by Gasteiger charge is 2.16. The monoisotopic (exact) mass is 428 g/mol. The Morgan fingerprint density at radius 1 is 1.06 bits per heavy atom. The predicted molar refractivity (Wildman–Crippen MR) is 120 cm³/mol. The van der Waals surface area contributed by atoms with Crippen LogP contribution in [0.2, 0.25) is 0 Å². The molecule has 0 bridgehead atoms. The SMILES string of the molecule is Cc1nn(Cc2ccccc2)c2sc(C(=O)NCc3ccc(-n4cncn4)cc3)cc12. The minimum absolute atomic E-state index is 0.0767. The number of benzene rings is 2. The first-order valence-electron chi connectivity index (χ1n) is 9.90. The predicted octanol–water partition coefficient (Wildman–Crippen LogP) is 3.97. The molecule has 0 saturated heterocycles. The molecule has 0 radical (unpaired) electrons. The molecule has 31 heavy (non-hydrogen) atoms. The average Bonchev–Trinajstić information content (AvgIpc) is 3.53. The zero-order chi connectivity index (χ0) is 21.2. The van der Waals surface area contributed by atoms with Crippen molar-refractivity contribution in [3.8, 4) is 5.69 Å². The van der Waals surface area contributed by atoms with Gasteiger partial charge in [-0.3, -0.25) is 9.48 Å². The maximum absolute atomic E-state index is 12.8. The van der Waals surface area contributed by atoms with E-state index in [9.17, 15) is 4.79 Å². The summed E-state index contributed by atoms with van der Waals surface area (Å²) in [4.78, 5) is 18.4. The third-order valence-electron chi connectivity index (χ3n) is 5.08. The van der Waals surface area contributed by atoms with Gasteiger partial charge in [0.05, 0.1) is 22.8 Å². The lowest BCUT2D eigenvalue weighted by atomic mass is 10.2. The van der Waals surface area contributed by atoms with Crippen molar-refractivity contribution in [1.82, 2.24) is 29.9 Å². The molecule has 5 rings (SSSR count). The van der Waals surface area contributed by atoms with Crippen molar-refractivity contribution in [2.24, 2.45) is 0 Å². The minimum Gasteiger partial charge on any atom is -0.347 e. The van der Waals surface area contributed by atoms with E-state index >= 15 is 0 Å². The molecule has 0 aliphatic rings. The van der Waals surface area contributed by atoms with Crippen LogP contribution in [0.4, 0.5) is 0 Å². The van der Waals surface area contributed by atoms with E-state index in [1.165, 1.54) is 23.2 Å². The molecule has 2 aromatic carbocycles. The highest BCUT2D eigenvalue weighted by Crippen LogP contribution is 2.29. The Morgan fingerprint density at radius 2 is 1.87 bits per heavy atom. The highest BCUT2D eigenvalue weighted by molar-refractivity contribution is 7.20. The summed E-state index contributed by atoms with van der Waals surface area (Å²) in [6.45, 7) is 3.12. The van der Waals surface area contributed by atoms with Crippen LogP contribution in [-0.4, -0.2) is 30.5 Å². The molecule has 1 N–H and O–H groups in total. The van der Waals surface area contributed by atoms with Crippen LogP contribution < -0.4 is 5.32 Å². The van der Waals surface area contributed by atoms with Gasteiger partial charge >= 0.3 is 0 Å². The van der Waals surface area contributed by atoms with Gasteiger partial charge in [-0.15, -0.1) is 11.3 Å². The van der Waals surface area contributed by atoms with Crippen molar-refractivity contribution in [2.75, 3.05) is 0 Å². The van der Waals surface area contributed by atoms with Crippen LogP contribution in [0.25, 0.3) is 15.9 Å². The van der Waals surface area contributed by atoms with Gasteiger partial charge in [-0.2, -0.15) is 10.2 Å². The number of aromatic nitrogens is 5. The van der Waals surface area contributed by atoms with E-state index in [1.54, 1.807) is 11.0 Å². The number of carbonyl (C=O) groups is 1. The van der Waals surface area contributed by atoms with E-state index < -0.39 is 0 Å². The fraction of sp³-hybridized carbons (Fsp3) is 0.130. The van der Waals surface area contributed by atoms with E-state index in [0.717, 1.165) is 27.2 Å². The third kappa shape index (κ3) is 3.97. The van der Waals surface area contributed by atoms with Gasteiger partial charge in [0.15, 0.2) is 0 Å². The van der Waals surface area contributed by atoms with Crippen molar-refractivity contribution in [2.45, 2.75) is 20.0 Å². The lowest BCUT2D eigenvalue weighted by Crippen LogP contribution is -2.21. The van der Waals surface area contributed by atoms with E-state index in [2.05, 4.69) is 32.6 Å². The third-order valence-corrected chi connectivity index (χ3v) is 6.23. The second kappa shape index (κ2) is 8.16. The quantitative estimate of drug-likeness (QED) is 0.444. The highest BCUT2D eigenvalue weighted by atomic mass is 32.1. The number of rotatable bonds is 6. The molecule has 3 heterocycles. The number of nitrogens with one attached hydrogen (secondary N) is 1. The van der Waals surface area contributed by atoms with Gasteiger partial charge in [0, 0.05) is 11.9 Å². The molecule has 5 aromatic rings. The van der Waals surface area contributed by atoms with Crippen LogP contribution in [0.1, 0.15) is 26.5 Å². The van der Waals surface area contributed by atoms with Crippen LogP contribution in [-0.2, 0) is 13.1 Å². The summed E-state index contributed by atoms with van der Waals surface area (Å²) in [5, 5.41) is 12.8. The van der Waals surface area contributed by atoms with Gasteiger partial charge in [0.25, 0.3) is 5.91 Å². The second-order valence-electron chi connectivity index (χ2n) is 7.25. The van der Waals surface area contributed by atoms with Crippen molar-refractivity contribution < 1.29 is 4.79 Å². The van der Waals surface area contributed by atoms with Crippen molar-refractivity contribution in [3.05, 3.63) is 95.0 Å². The first-order valence-corrected chi connectivity index (χ1v) is 10.7. The van der Waals surface area contributed by atoms with Crippen molar-refractivity contribution >= 4 is 27.5 Å². The molecule has 3 aromatic heterocycles. The molecule has 0 aliphatic carbocycles. The standard InChI is InChI=1S/C23H20N6OS/c1-16-20-11-21(31-23(20)28(27-16)13-18-5-3-2-4-6-18)22(30)25-12-17-7-9-19(10-8-17)29-15-24-14-26-29/h2-11,14-15H,12-13H2,1H3,(H,25,30). The van der Waals surface area contributed by atoms with Crippen LogP contribution in [0.5, 0.6) is 0 Å². The summed E-state index contributed by atoms with van der Waals surface area (Å²) in [5.41, 5.74) is 4.06. The lowest BCUT2D eigenvalue weighted by Gasteiger charge is -2.06. The molecule has 0 fully saturated rings. The maximum Gasteiger partial charge on any atom is 0.261 e. The Kier molecular flexibility index (Phi) is 5.05. The number of aryl methyl sites for hydroxylation is 1. The molecular weight excluding hydrogens is 408 g/mol. The molecule has 0 aliphatic heterocycles. The molecule has 8 heteroatoms. The number of amides is 1. The van der Waals surface area contributed by atoms with Crippen molar-refractivity contribution in [3.63, 3.8) is 0 Å². The summed E-state index contributed by atoms with van der Waals surface area (Å²) in [5.74, 6) is -0.0767. The van der Waals surface area contributed by atoms with Crippen LogP contribution in [0.3, 0.4) is 0 Å². The summed E-state index contributed by atoms with van der Waals surface area (Å²) < 4.78 is 3.67. The molecule has 7 nitrogen and oxygen atoms in total. The zero-order valence-electron chi connectivity index (χ0n) is 16.9. The largest absolute Gasteiger partial charge is 0.347 e.